The van der Waals surface area contributed by atoms with Gasteiger partial charge in [0.25, 0.3) is 0 Å². The summed E-state index contributed by atoms with van der Waals surface area (Å²) in [4.78, 5) is 7.05. The molecule has 0 saturated heterocycles. The Hall–Kier alpha value is -0.450. The normalized spacial score (nSPS) is 27.1. The molecule has 1 fully saturated rings. The minimum atomic E-state index is 0.196. The minimum absolute atomic E-state index is 0.196. The monoisotopic (exact) mass is 295 g/mol. The van der Waals surface area contributed by atoms with Crippen LogP contribution < -0.4 is 5.73 Å². The molecular formula is C16H29N3S. The number of rotatable bonds is 6. The summed E-state index contributed by atoms with van der Waals surface area (Å²) in [6.07, 6.45) is 7.86. The van der Waals surface area contributed by atoms with Crippen LogP contribution in [-0.2, 0) is 6.54 Å². The van der Waals surface area contributed by atoms with Crippen LogP contribution >= 0.6 is 11.3 Å². The molecule has 0 amide bonds. The highest BCUT2D eigenvalue weighted by atomic mass is 32.1. The molecule has 3 nitrogen and oxygen atoms in total. The van der Waals surface area contributed by atoms with Gasteiger partial charge in [-0.25, -0.2) is 4.98 Å². The van der Waals surface area contributed by atoms with E-state index in [-0.39, 0.29) is 5.54 Å². The average molecular weight is 295 g/mol. The van der Waals surface area contributed by atoms with Gasteiger partial charge in [-0.1, -0.05) is 19.8 Å². The number of thiazole rings is 1. The molecule has 1 aromatic rings. The summed E-state index contributed by atoms with van der Waals surface area (Å²) in [6.45, 7) is 6.07. The molecule has 2 rings (SSSR count). The standard InChI is InChI=1S/C16H29N3S/c1-4-5-14-6-8-16(12-17,9-7-14)19(3)10-15-11-20-13(2)18-15/h11,14H,4-10,12,17H2,1-3H3. The van der Waals surface area contributed by atoms with Crippen LogP contribution in [0.1, 0.15) is 56.2 Å². The molecule has 0 radical (unpaired) electrons. The molecule has 0 spiro atoms. The van der Waals surface area contributed by atoms with E-state index in [4.69, 9.17) is 5.73 Å². The molecule has 2 N–H and O–H groups in total. The van der Waals surface area contributed by atoms with Gasteiger partial charge in [0.1, 0.15) is 0 Å². The predicted octanol–water partition coefficient (Wildman–Crippen LogP) is 3.57. The third-order valence-electron chi connectivity index (χ3n) is 4.99. The first-order chi connectivity index (χ1) is 9.59. The maximum atomic E-state index is 6.16. The van der Waals surface area contributed by atoms with E-state index in [1.54, 1.807) is 11.3 Å². The fraction of sp³-hybridized carbons (Fsp3) is 0.812. The van der Waals surface area contributed by atoms with Crippen LogP contribution in [0.3, 0.4) is 0 Å². The van der Waals surface area contributed by atoms with Gasteiger partial charge < -0.3 is 5.73 Å². The van der Waals surface area contributed by atoms with Crippen molar-refractivity contribution in [3.63, 3.8) is 0 Å². The van der Waals surface area contributed by atoms with Gasteiger partial charge >= 0.3 is 0 Å². The van der Waals surface area contributed by atoms with Gasteiger partial charge in [0.2, 0.25) is 0 Å². The highest BCUT2D eigenvalue weighted by Gasteiger charge is 2.37. The van der Waals surface area contributed by atoms with Crippen molar-refractivity contribution >= 4 is 11.3 Å². The second-order valence-electron chi connectivity index (χ2n) is 6.37. The van der Waals surface area contributed by atoms with Gasteiger partial charge in [0.15, 0.2) is 0 Å². The summed E-state index contributed by atoms with van der Waals surface area (Å²) < 4.78 is 0. The number of hydrogen-bond donors (Lipinski definition) is 1. The van der Waals surface area contributed by atoms with Crippen LogP contribution in [0.2, 0.25) is 0 Å². The molecule has 1 heterocycles. The van der Waals surface area contributed by atoms with Crippen molar-refractivity contribution in [2.75, 3.05) is 13.6 Å². The van der Waals surface area contributed by atoms with Crippen molar-refractivity contribution < 1.29 is 0 Å². The van der Waals surface area contributed by atoms with Gasteiger partial charge in [-0.05, 0) is 45.6 Å². The van der Waals surface area contributed by atoms with Gasteiger partial charge in [-0.2, -0.15) is 0 Å². The summed E-state index contributed by atoms with van der Waals surface area (Å²) in [5.41, 5.74) is 7.55. The summed E-state index contributed by atoms with van der Waals surface area (Å²) in [6, 6.07) is 0. The molecular weight excluding hydrogens is 266 g/mol. The van der Waals surface area contributed by atoms with E-state index in [9.17, 15) is 0 Å². The molecule has 0 aromatic carbocycles. The number of nitrogens with zero attached hydrogens (tertiary/aromatic N) is 2. The van der Waals surface area contributed by atoms with Gasteiger partial charge in [0.05, 0.1) is 10.7 Å². The van der Waals surface area contributed by atoms with Gasteiger partial charge in [-0.15, -0.1) is 11.3 Å². The fourth-order valence-corrected chi connectivity index (χ4v) is 4.15. The van der Waals surface area contributed by atoms with Gasteiger partial charge in [-0.3, -0.25) is 4.90 Å². The fourth-order valence-electron chi connectivity index (χ4n) is 3.55. The Kier molecular flexibility index (Phi) is 5.58. The van der Waals surface area contributed by atoms with Crippen LogP contribution in [0.25, 0.3) is 0 Å². The van der Waals surface area contributed by atoms with Gasteiger partial charge in [0, 0.05) is 24.0 Å². The lowest BCUT2D eigenvalue weighted by Crippen LogP contribution is -2.53. The number of hydrogen-bond acceptors (Lipinski definition) is 4. The molecule has 1 aromatic heterocycles. The van der Waals surface area contributed by atoms with Crippen molar-refractivity contribution in [1.82, 2.24) is 9.88 Å². The highest BCUT2D eigenvalue weighted by molar-refractivity contribution is 7.09. The Labute approximate surface area is 127 Å². The molecule has 1 aliphatic carbocycles. The van der Waals surface area contributed by atoms with Crippen molar-refractivity contribution in [3.8, 4) is 0 Å². The lowest BCUT2D eigenvalue weighted by atomic mass is 9.74. The SMILES string of the molecule is CCCC1CCC(CN)(N(C)Cc2csc(C)n2)CC1. The summed E-state index contributed by atoms with van der Waals surface area (Å²) in [7, 11) is 2.22. The molecule has 0 unspecified atom stereocenters. The molecule has 4 heteroatoms. The van der Waals surface area contributed by atoms with E-state index in [0.29, 0.717) is 0 Å². The number of aryl methyl sites for hydroxylation is 1. The second kappa shape index (κ2) is 7.01. The lowest BCUT2D eigenvalue weighted by Gasteiger charge is -2.46. The van der Waals surface area contributed by atoms with E-state index in [0.717, 1.165) is 24.0 Å². The zero-order chi connectivity index (χ0) is 14.6. The zero-order valence-corrected chi connectivity index (χ0v) is 14.0. The smallest absolute Gasteiger partial charge is 0.0897 e. The van der Waals surface area contributed by atoms with Crippen molar-refractivity contribution in [3.05, 3.63) is 16.1 Å². The zero-order valence-electron chi connectivity index (χ0n) is 13.2. The van der Waals surface area contributed by atoms with Crippen LogP contribution in [0.5, 0.6) is 0 Å². The quantitative estimate of drug-likeness (QED) is 0.872. The van der Waals surface area contributed by atoms with Crippen LogP contribution in [0.15, 0.2) is 5.38 Å². The first-order valence-corrected chi connectivity index (χ1v) is 8.80. The second-order valence-corrected chi connectivity index (χ2v) is 7.44. The summed E-state index contributed by atoms with van der Waals surface area (Å²) >= 11 is 1.74. The van der Waals surface area contributed by atoms with Crippen molar-refractivity contribution in [2.45, 2.75) is 64.5 Å². The topological polar surface area (TPSA) is 42.1 Å². The molecule has 1 aliphatic rings. The third kappa shape index (κ3) is 3.60. The number of likely N-dealkylation sites (N-methyl/N-ethyl adjacent to an activating group) is 1. The molecule has 114 valence electrons. The lowest BCUT2D eigenvalue weighted by molar-refractivity contribution is 0.0561. The van der Waals surface area contributed by atoms with E-state index in [1.807, 2.05) is 0 Å². The molecule has 0 bridgehead atoms. The molecule has 20 heavy (non-hydrogen) atoms. The van der Waals surface area contributed by atoms with Crippen molar-refractivity contribution in [2.24, 2.45) is 11.7 Å². The Morgan fingerprint density at radius 1 is 1.45 bits per heavy atom. The summed E-state index contributed by atoms with van der Waals surface area (Å²) in [5, 5.41) is 3.33. The maximum Gasteiger partial charge on any atom is 0.0897 e. The minimum Gasteiger partial charge on any atom is -0.329 e. The van der Waals surface area contributed by atoms with E-state index < -0.39 is 0 Å². The van der Waals surface area contributed by atoms with Crippen LogP contribution in [0.4, 0.5) is 0 Å². The molecule has 0 atom stereocenters. The van der Waals surface area contributed by atoms with E-state index in [1.165, 1.54) is 44.2 Å². The number of nitrogens with two attached hydrogens (primary N) is 1. The van der Waals surface area contributed by atoms with Crippen LogP contribution in [-0.4, -0.2) is 29.0 Å². The molecule has 0 aliphatic heterocycles. The largest absolute Gasteiger partial charge is 0.329 e. The third-order valence-corrected chi connectivity index (χ3v) is 5.81. The van der Waals surface area contributed by atoms with E-state index in [2.05, 4.69) is 36.2 Å². The Balaban J connectivity index is 1.96. The molecule has 1 saturated carbocycles. The van der Waals surface area contributed by atoms with E-state index >= 15 is 0 Å². The average Bonchev–Trinajstić information content (AvgIpc) is 2.85. The Morgan fingerprint density at radius 3 is 2.65 bits per heavy atom. The maximum absolute atomic E-state index is 6.16. The Morgan fingerprint density at radius 2 is 2.15 bits per heavy atom. The van der Waals surface area contributed by atoms with Crippen molar-refractivity contribution in [1.29, 1.82) is 0 Å². The highest BCUT2D eigenvalue weighted by Crippen LogP contribution is 2.37. The summed E-state index contributed by atoms with van der Waals surface area (Å²) in [5.74, 6) is 0.926. The first-order valence-electron chi connectivity index (χ1n) is 7.92. The first kappa shape index (κ1) is 15.9. The predicted molar refractivity (Wildman–Crippen MR) is 87.0 cm³/mol. The Bertz CT molecular complexity index is 408. The number of aromatic nitrogens is 1. The van der Waals surface area contributed by atoms with Crippen LogP contribution in [0, 0.1) is 12.8 Å².